The molecule has 0 aliphatic rings. The van der Waals surface area contributed by atoms with Crippen LogP contribution in [0.15, 0.2) is 0 Å². The zero-order valence-corrected chi connectivity index (χ0v) is 6.18. The average molecular weight is 99.1 g/mol. The fraction of sp³-hybridized carbons (Fsp3) is 1.00. The number of hydrogen-bond donors (Lipinski definition) is 2. The van der Waals surface area contributed by atoms with Gasteiger partial charge >= 0.3 is 0 Å². The quantitative estimate of drug-likeness (QED) is 0.338. The molecule has 0 spiro atoms. The van der Waals surface area contributed by atoms with E-state index in [0.717, 1.165) is 0 Å². The molecule has 0 rings (SSSR count). The van der Waals surface area contributed by atoms with E-state index < -0.39 is 6.29 Å². The Bertz CT molecular complexity index is 22.8. The van der Waals surface area contributed by atoms with Gasteiger partial charge in [0.05, 0.1) is 0 Å². The Kier molecular flexibility index (Phi) is 9.89. The van der Waals surface area contributed by atoms with Crippen molar-refractivity contribution in [2.75, 3.05) is 0 Å². The van der Waals surface area contributed by atoms with Gasteiger partial charge in [-0.25, -0.2) is 0 Å². The van der Waals surface area contributed by atoms with Crippen LogP contribution in [0.3, 0.4) is 0 Å². The predicted molar refractivity (Wildman–Crippen MR) is 24.3 cm³/mol. The van der Waals surface area contributed by atoms with Crippen molar-refractivity contribution >= 4 is 29.6 Å². The van der Waals surface area contributed by atoms with Crippen LogP contribution in [0.1, 0.15) is 13.3 Å². The molecule has 0 atom stereocenters. The smallest absolute Gasteiger partial charge is 0.151 e. The number of hydrogen-bond acceptors (Lipinski definition) is 2. The van der Waals surface area contributed by atoms with Crippen LogP contribution in [0.4, 0.5) is 0 Å². The molecule has 0 heterocycles. The summed E-state index contributed by atoms with van der Waals surface area (Å²) >= 11 is 0. The number of aliphatic hydroxyl groups is 2. The fourth-order valence-corrected chi connectivity index (χ4v) is 0. The Morgan fingerprint density at radius 2 is 1.67 bits per heavy atom. The Morgan fingerprint density at radius 3 is 1.67 bits per heavy atom. The normalized spacial score (nSPS) is 8.00. The van der Waals surface area contributed by atoms with Gasteiger partial charge in [0.25, 0.3) is 0 Å². The van der Waals surface area contributed by atoms with Gasteiger partial charge in [-0.2, -0.15) is 0 Å². The zero-order valence-electron chi connectivity index (χ0n) is 4.18. The molecule has 0 saturated carbocycles. The Balaban J connectivity index is 0. The summed E-state index contributed by atoms with van der Waals surface area (Å²) in [6.07, 6.45) is -0.699. The summed E-state index contributed by atoms with van der Waals surface area (Å²) in [5.74, 6) is 0. The van der Waals surface area contributed by atoms with Gasteiger partial charge in [0.2, 0.25) is 0 Å². The molecule has 0 bridgehead atoms. The second kappa shape index (κ2) is 5.92. The van der Waals surface area contributed by atoms with E-state index in [1.165, 1.54) is 0 Å². The molecule has 0 saturated heterocycles. The summed E-state index contributed by atoms with van der Waals surface area (Å²) in [4.78, 5) is 0. The molecule has 2 nitrogen and oxygen atoms in total. The predicted octanol–water partition coefficient (Wildman–Crippen LogP) is -0.674. The van der Waals surface area contributed by atoms with E-state index in [4.69, 9.17) is 10.2 Å². The van der Waals surface area contributed by atoms with Crippen molar-refractivity contribution < 1.29 is 10.2 Å². The van der Waals surface area contributed by atoms with Crippen LogP contribution in [0.5, 0.6) is 0 Å². The molecule has 0 aromatic heterocycles. The summed E-state index contributed by atoms with van der Waals surface area (Å²) in [5, 5.41) is 15.8. The van der Waals surface area contributed by atoms with Crippen LogP contribution in [-0.2, 0) is 0 Å². The molecule has 0 aliphatic carbocycles. The minimum absolute atomic E-state index is 0. The molecule has 3 heteroatoms. The second-order valence-electron chi connectivity index (χ2n) is 0.889. The van der Waals surface area contributed by atoms with Crippen molar-refractivity contribution in [2.45, 2.75) is 19.6 Å². The molecule has 2 N–H and O–H groups in total. The summed E-state index contributed by atoms with van der Waals surface area (Å²) < 4.78 is 0. The molecule has 33 valence electrons. The molecule has 1 radical (unpaired) electrons. The summed E-state index contributed by atoms with van der Waals surface area (Å²) in [6.45, 7) is 1.70. The van der Waals surface area contributed by atoms with Crippen molar-refractivity contribution in [1.29, 1.82) is 0 Å². The van der Waals surface area contributed by atoms with E-state index in [1.54, 1.807) is 6.92 Å². The van der Waals surface area contributed by atoms with Gasteiger partial charge in [0.1, 0.15) is 0 Å². The van der Waals surface area contributed by atoms with Crippen molar-refractivity contribution in [3.63, 3.8) is 0 Å². The average Bonchev–Trinajstić information content (AvgIpc) is 1.38. The molecule has 0 unspecified atom stereocenters. The van der Waals surface area contributed by atoms with Crippen molar-refractivity contribution in [3.05, 3.63) is 0 Å². The van der Waals surface area contributed by atoms with E-state index in [2.05, 4.69) is 0 Å². The molecule has 0 aliphatic heterocycles. The minimum atomic E-state index is -1.12. The molecule has 6 heavy (non-hydrogen) atoms. The summed E-state index contributed by atoms with van der Waals surface area (Å²) in [6, 6.07) is 0. The molecule has 0 fully saturated rings. The first-order chi connectivity index (χ1) is 2.27. The fourth-order valence-electron chi connectivity index (χ4n) is 0. The van der Waals surface area contributed by atoms with Gasteiger partial charge in [0, 0.05) is 29.6 Å². The van der Waals surface area contributed by atoms with E-state index in [-0.39, 0.29) is 29.6 Å². The molecule has 0 amide bonds. The van der Waals surface area contributed by atoms with Crippen molar-refractivity contribution in [2.24, 2.45) is 0 Å². The van der Waals surface area contributed by atoms with Gasteiger partial charge in [-0.05, 0) is 6.42 Å². The minimum Gasteiger partial charge on any atom is -0.368 e. The molecular weight excluding hydrogens is 91.0 g/mol. The third kappa shape index (κ3) is 8.87. The SMILES string of the molecule is CCC(O)O.[Na]. The van der Waals surface area contributed by atoms with Crippen LogP contribution < -0.4 is 0 Å². The van der Waals surface area contributed by atoms with Crippen molar-refractivity contribution in [1.82, 2.24) is 0 Å². The van der Waals surface area contributed by atoms with Gasteiger partial charge in [-0.1, -0.05) is 6.92 Å². The monoisotopic (exact) mass is 99.0 g/mol. The molecular formula is C3H8NaO2. The summed E-state index contributed by atoms with van der Waals surface area (Å²) in [5.41, 5.74) is 0. The van der Waals surface area contributed by atoms with E-state index >= 15 is 0 Å². The standard InChI is InChI=1S/C3H8O2.Na/c1-2-3(4)5;/h3-5H,2H2,1H3;. The first kappa shape index (κ1) is 10.0. The second-order valence-corrected chi connectivity index (χ2v) is 0.889. The van der Waals surface area contributed by atoms with Crippen LogP contribution in [0.25, 0.3) is 0 Å². The maximum atomic E-state index is 7.92. The number of rotatable bonds is 1. The van der Waals surface area contributed by atoms with Gasteiger partial charge in [-0.3, -0.25) is 0 Å². The van der Waals surface area contributed by atoms with Gasteiger partial charge in [-0.15, -0.1) is 0 Å². The van der Waals surface area contributed by atoms with E-state index in [1.807, 2.05) is 0 Å². The number of aliphatic hydroxyl groups excluding tert-OH is 1. The topological polar surface area (TPSA) is 40.5 Å². The van der Waals surface area contributed by atoms with Crippen LogP contribution in [0, 0.1) is 0 Å². The molecule has 0 aromatic carbocycles. The van der Waals surface area contributed by atoms with Crippen LogP contribution >= 0.6 is 0 Å². The first-order valence-electron chi connectivity index (χ1n) is 1.63. The maximum absolute atomic E-state index is 7.92. The summed E-state index contributed by atoms with van der Waals surface area (Å²) in [7, 11) is 0. The van der Waals surface area contributed by atoms with E-state index in [0.29, 0.717) is 6.42 Å². The maximum Gasteiger partial charge on any atom is 0.151 e. The van der Waals surface area contributed by atoms with Crippen molar-refractivity contribution in [3.8, 4) is 0 Å². The largest absolute Gasteiger partial charge is 0.368 e. The third-order valence-electron chi connectivity index (χ3n) is 0.365. The third-order valence-corrected chi connectivity index (χ3v) is 0.365. The zero-order chi connectivity index (χ0) is 4.28. The Labute approximate surface area is 59.5 Å². The first-order valence-corrected chi connectivity index (χ1v) is 1.63. The van der Waals surface area contributed by atoms with Gasteiger partial charge < -0.3 is 10.2 Å². The Hall–Kier alpha value is 0.920. The van der Waals surface area contributed by atoms with Gasteiger partial charge in [0.15, 0.2) is 6.29 Å². The van der Waals surface area contributed by atoms with E-state index in [9.17, 15) is 0 Å². The Morgan fingerprint density at radius 1 is 1.50 bits per heavy atom. The van der Waals surface area contributed by atoms with Crippen LogP contribution in [-0.4, -0.2) is 46.1 Å². The molecule has 0 aromatic rings. The van der Waals surface area contributed by atoms with Crippen LogP contribution in [0.2, 0.25) is 0 Å².